The molecule has 0 aromatic heterocycles. The average molecular weight is 490 g/mol. The molecule has 12 heteroatoms. The number of aryl methyl sites for hydroxylation is 1. The van der Waals surface area contributed by atoms with Crippen molar-refractivity contribution in [1.82, 2.24) is 26.6 Å². The van der Waals surface area contributed by atoms with E-state index >= 15 is 0 Å². The number of benzene rings is 2. The summed E-state index contributed by atoms with van der Waals surface area (Å²) in [6.07, 6.45) is -2.45. The van der Waals surface area contributed by atoms with E-state index in [-0.39, 0.29) is 24.9 Å². The Kier molecular flexibility index (Phi) is 7.93. The van der Waals surface area contributed by atoms with Gasteiger partial charge in [-0.2, -0.15) is 18.4 Å². The van der Waals surface area contributed by atoms with E-state index in [1.807, 2.05) is 25.1 Å². The number of rotatable bonds is 8. The summed E-state index contributed by atoms with van der Waals surface area (Å²) < 4.78 is 51.8. The summed E-state index contributed by atoms with van der Waals surface area (Å²) in [4.78, 5) is 24.6. The molecule has 0 fully saturated rings. The Labute approximate surface area is 198 Å². The third-order valence-corrected chi connectivity index (χ3v) is 5.17. The Balaban J connectivity index is 1.51. The van der Waals surface area contributed by atoms with Crippen LogP contribution in [0.15, 0.2) is 54.4 Å². The molecule has 0 bridgehead atoms. The third-order valence-electron chi connectivity index (χ3n) is 5.17. The zero-order valence-electron chi connectivity index (χ0n) is 18.5. The minimum Gasteiger partial charge on any atom is -0.350 e. The lowest BCUT2D eigenvalue weighted by molar-refractivity contribution is -0.137. The summed E-state index contributed by atoms with van der Waals surface area (Å²) in [5.74, 6) is -2.70. The van der Waals surface area contributed by atoms with Crippen LogP contribution in [-0.2, 0) is 17.4 Å². The van der Waals surface area contributed by atoms with Gasteiger partial charge in [0.2, 0.25) is 0 Å². The van der Waals surface area contributed by atoms with Gasteiger partial charge in [0.25, 0.3) is 11.8 Å². The SMILES string of the molecule is CCc1ccc(C(C#N)NC(=O)C2=CN(CCNC(=O)c3ccc(C(F)(F)F)cc3F)NN2)cc1. The average Bonchev–Trinajstić information content (AvgIpc) is 3.31. The first-order chi connectivity index (χ1) is 16.6. The van der Waals surface area contributed by atoms with Gasteiger partial charge in [-0.25, -0.2) is 4.39 Å². The van der Waals surface area contributed by atoms with Crippen molar-refractivity contribution in [2.24, 2.45) is 0 Å². The molecule has 1 aliphatic rings. The Morgan fingerprint density at radius 3 is 2.46 bits per heavy atom. The number of nitriles is 1. The summed E-state index contributed by atoms with van der Waals surface area (Å²) in [5, 5.41) is 15.9. The summed E-state index contributed by atoms with van der Waals surface area (Å²) in [7, 11) is 0. The molecule has 1 unspecified atom stereocenters. The van der Waals surface area contributed by atoms with Crippen LogP contribution >= 0.6 is 0 Å². The van der Waals surface area contributed by atoms with Gasteiger partial charge in [0.1, 0.15) is 17.6 Å². The van der Waals surface area contributed by atoms with Crippen LogP contribution in [0.5, 0.6) is 0 Å². The topological polar surface area (TPSA) is 109 Å². The van der Waals surface area contributed by atoms with E-state index in [0.717, 1.165) is 18.1 Å². The minimum absolute atomic E-state index is 0.00995. The molecule has 4 N–H and O–H groups in total. The Morgan fingerprint density at radius 1 is 1.14 bits per heavy atom. The van der Waals surface area contributed by atoms with Gasteiger partial charge in [-0.1, -0.05) is 31.2 Å². The van der Waals surface area contributed by atoms with Crippen molar-refractivity contribution in [3.8, 4) is 6.07 Å². The fraction of sp³-hybridized carbons (Fsp3) is 0.261. The first kappa shape index (κ1) is 25.5. The highest BCUT2D eigenvalue weighted by atomic mass is 19.4. The first-order valence-corrected chi connectivity index (χ1v) is 10.6. The number of nitrogens with zero attached hydrogens (tertiary/aromatic N) is 2. The van der Waals surface area contributed by atoms with Crippen molar-refractivity contribution in [3.05, 3.63) is 82.4 Å². The lowest BCUT2D eigenvalue weighted by atomic mass is 10.0. The standard InChI is InChI=1S/C23H22F4N6O2/c1-2-14-3-5-15(6-4-14)19(12-28)30-22(35)20-13-33(32-31-20)10-9-29-21(34)17-8-7-16(11-18(17)24)23(25,26)27/h3-8,11,13,19,31-32H,2,9-10H2,1H3,(H,29,34)(H,30,35). The van der Waals surface area contributed by atoms with Gasteiger partial charge in [-0.3, -0.25) is 20.0 Å². The zero-order chi connectivity index (χ0) is 25.6. The number of hydrogen-bond acceptors (Lipinski definition) is 6. The third kappa shape index (κ3) is 6.48. The van der Waals surface area contributed by atoms with Crippen LogP contribution in [0.2, 0.25) is 0 Å². The normalized spacial score (nSPS) is 13.9. The molecule has 0 aliphatic carbocycles. The molecule has 8 nitrogen and oxygen atoms in total. The lowest BCUT2D eigenvalue weighted by Gasteiger charge is -2.15. The van der Waals surface area contributed by atoms with Crippen LogP contribution in [0.25, 0.3) is 0 Å². The van der Waals surface area contributed by atoms with E-state index in [1.165, 1.54) is 11.2 Å². The second-order valence-corrected chi connectivity index (χ2v) is 7.55. The highest BCUT2D eigenvalue weighted by Gasteiger charge is 2.31. The number of hydrogen-bond donors (Lipinski definition) is 4. The first-order valence-electron chi connectivity index (χ1n) is 10.6. The van der Waals surface area contributed by atoms with E-state index < -0.39 is 41.0 Å². The molecule has 35 heavy (non-hydrogen) atoms. The fourth-order valence-electron chi connectivity index (χ4n) is 3.19. The molecule has 0 saturated heterocycles. The van der Waals surface area contributed by atoms with Crippen LogP contribution < -0.4 is 21.6 Å². The summed E-state index contributed by atoms with van der Waals surface area (Å²) in [6.45, 7) is 2.13. The molecule has 2 aromatic rings. The number of carbonyl (C=O) groups is 2. The van der Waals surface area contributed by atoms with Gasteiger partial charge in [-0.05, 0) is 35.7 Å². The molecule has 1 aliphatic heterocycles. The molecule has 1 heterocycles. The summed E-state index contributed by atoms with van der Waals surface area (Å²) in [5.41, 5.74) is 5.48. The van der Waals surface area contributed by atoms with E-state index in [9.17, 15) is 32.4 Å². The molecule has 2 amide bonds. The molecule has 0 spiro atoms. The second-order valence-electron chi connectivity index (χ2n) is 7.55. The zero-order valence-corrected chi connectivity index (χ0v) is 18.5. The van der Waals surface area contributed by atoms with E-state index in [4.69, 9.17) is 0 Å². The molecule has 3 rings (SSSR count). The van der Waals surface area contributed by atoms with E-state index in [2.05, 4.69) is 21.6 Å². The van der Waals surface area contributed by atoms with Gasteiger partial charge < -0.3 is 10.6 Å². The summed E-state index contributed by atoms with van der Waals surface area (Å²) in [6, 6.07) is 10.2. The maximum Gasteiger partial charge on any atom is 0.416 e. The van der Waals surface area contributed by atoms with Crippen molar-refractivity contribution in [2.45, 2.75) is 25.6 Å². The minimum atomic E-state index is -4.71. The monoisotopic (exact) mass is 490 g/mol. The van der Waals surface area contributed by atoms with Crippen molar-refractivity contribution in [3.63, 3.8) is 0 Å². The van der Waals surface area contributed by atoms with E-state index in [1.54, 1.807) is 12.1 Å². The number of alkyl halides is 3. The van der Waals surface area contributed by atoms with Crippen molar-refractivity contribution in [1.29, 1.82) is 5.26 Å². The van der Waals surface area contributed by atoms with Crippen LogP contribution in [0.3, 0.4) is 0 Å². The maximum absolute atomic E-state index is 13.9. The number of nitrogens with one attached hydrogen (secondary N) is 4. The number of amides is 2. The van der Waals surface area contributed by atoms with Crippen LogP contribution in [0, 0.1) is 17.1 Å². The molecular weight excluding hydrogens is 468 g/mol. The molecule has 0 saturated carbocycles. The molecular formula is C23H22F4N6O2. The molecule has 184 valence electrons. The van der Waals surface area contributed by atoms with Gasteiger partial charge in [0, 0.05) is 12.7 Å². The predicted octanol–water partition coefficient (Wildman–Crippen LogP) is 2.68. The second kappa shape index (κ2) is 10.9. The fourth-order valence-corrected chi connectivity index (χ4v) is 3.19. The van der Waals surface area contributed by atoms with Crippen molar-refractivity contribution >= 4 is 11.8 Å². The smallest absolute Gasteiger partial charge is 0.350 e. The Bertz CT molecular complexity index is 1160. The van der Waals surface area contributed by atoms with Crippen LogP contribution in [-0.4, -0.2) is 29.9 Å². The van der Waals surface area contributed by atoms with Gasteiger partial charge in [0.15, 0.2) is 0 Å². The van der Waals surface area contributed by atoms with Crippen LogP contribution in [0.4, 0.5) is 17.6 Å². The Hall–Kier alpha value is -4.11. The quantitative estimate of drug-likeness (QED) is 0.424. The van der Waals surface area contributed by atoms with Gasteiger partial charge >= 0.3 is 6.18 Å². The van der Waals surface area contributed by atoms with E-state index in [0.29, 0.717) is 11.6 Å². The number of hydrazine groups is 2. The van der Waals surface area contributed by atoms with Crippen LogP contribution in [0.1, 0.15) is 40.0 Å². The largest absolute Gasteiger partial charge is 0.416 e. The molecule has 0 radical (unpaired) electrons. The lowest BCUT2D eigenvalue weighted by Crippen LogP contribution is -2.42. The predicted molar refractivity (Wildman–Crippen MR) is 117 cm³/mol. The van der Waals surface area contributed by atoms with Gasteiger partial charge in [-0.15, -0.1) is 5.53 Å². The number of halogens is 4. The maximum atomic E-state index is 13.9. The Morgan fingerprint density at radius 2 is 1.86 bits per heavy atom. The van der Waals surface area contributed by atoms with Crippen molar-refractivity contribution in [2.75, 3.05) is 13.1 Å². The van der Waals surface area contributed by atoms with Crippen molar-refractivity contribution < 1.29 is 27.2 Å². The highest BCUT2D eigenvalue weighted by Crippen LogP contribution is 2.30. The number of carbonyl (C=O) groups excluding carboxylic acids is 2. The summed E-state index contributed by atoms with van der Waals surface area (Å²) >= 11 is 0. The molecule has 1 atom stereocenters. The highest BCUT2D eigenvalue weighted by molar-refractivity contribution is 5.94. The van der Waals surface area contributed by atoms with Gasteiger partial charge in [0.05, 0.1) is 23.7 Å². The molecule has 2 aromatic carbocycles.